The van der Waals surface area contributed by atoms with E-state index in [1.165, 1.54) is 11.3 Å². The summed E-state index contributed by atoms with van der Waals surface area (Å²) in [6.07, 6.45) is -0.0375. The summed E-state index contributed by atoms with van der Waals surface area (Å²) in [5, 5.41) is 9.78. The zero-order valence-corrected chi connectivity index (χ0v) is 11.1. The molecule has 1 atom stereocenters. The average Bonchev–Trinajstić information content (AvgIpc) is 2.91. The molecule has 92 valence electrons. The quantitative estimate of drug-likeness (QED) is 0.862. The highest BCUT2D eigenvalue weighted by atomic mass is 32.2. The molecule has 1 heterocycles. The average molecular weight is 277 g/mol. The highest BCUT2D eigenvalue weighted by Gasteiger charge is 2.29. The Labute approximate surface area is 110 Å². The standard InChI is InChI=1S/C13H11NO2S2/c14-9-8-12(11-5-2-1-3-6-11)18(15,16)13-7-4-10-17-13/h1-7,10,12H,8H2. The molecule has 1 aromatic heterocycles. The lowest BCUT2D eigenvalue weighted by Crippen LogP contribution is -2.12. The smallest absolute Gasteiger partial charge is 0.195 e. The Morgan fingerprint density at radius 1 is 1.17 bits per heavy atom. The molecule has 0 aliphatic heterocycles. The van der Waals surface area contributed by atoms with Crippen LogP contribution in [-0.4, -0.2) is 8.42 Å². The maximum atomic E-state index is 12.4. The largest absolute Gasteiger partial charge is 0.222 e. The molecule has 0 amide bonds. The Kier molecular flexibility index (Phi) is 3.80. The molecule has 1 aromatic carbocycles. The highest BCUT2D eigenvalue weighted by Crippen LogP contribution is 2.33. The second kappa shape index (κ2) is 5.34. The molecule has 0 spiro atoms. The van der Waals surface area contributed by atoms with Gasteiger partial charge in [0, 0.05) is 0 Å². The first kappa shape index (κ1) is 12.8. The maximum Gasteiger partial charge on any atom is 0.195 e. The van der Waals surface area contributed by atoms with Crippen LogP contribution in [0.15, 0.2) is 52.1 Å². The van der Waals surface area contributed by atoms with Crippen molar-refractivity contribution in [2.24, 2.45) is 0 Å². The van der Waals surface area contributed by atoms with Crippen molar-refractivity contribution in [1.29, 1.82) is 5.26 Å². The SMILES string of the molecule is N#CCC(c1ccccc1)S(=O)(=O)c1cccs1. The van der Waals surface area contributed by atoms with E-state index in [1.54, 1.807) is 41.8 Å². The molecular weight excluding hydrogens is 266 g/mol. The first-order valence-corrected chi connectivity index (χ1v) is 7.78. The van der Waals surface area contributed by atoms with Crippen LogP contribution >= 0.6 is 11.3 Å². The van der Waals surface area contributed by atoms with Crippen molar-refractivity contribution in [3.8, 4) is 6.07 Å². The minimum atomic E-state index is -3.48. The molecular formula is C13H11NO2S2. The van der Waals surface area contributed by atoms with Crippen LogP contribution in [0, 0.1) is 11.3 Å². The van der Waals surface area contributed by atoms with Crippen molar-refractivity contribution in [2.75, 3.05) is 0 Å². The molecule has 0 N–H and O–H groups in total. The van der Waals surface area contributed by atoms with Gasteiger partial charge in [-0.1, -0.05) is 36.4 Å². The number of hydrogen-bond donors (Lipinski definition) is 0. The van der Waals surface area contributed by atoms with Crippen LogP contribution in [0.2, 0.25) is 0 Å². The van der Waals surface area contributed by atoms with Crippen LogP contribution in [0.25, 0.3) is 0 Å². The first-order chi connectivity index (χ1) is 8.66. The summed E-state index contributed by atoms with van der Waals surface area (Å²) in [5.41, 5.74) is 0.660. The summed E-state index contributed by atoms with van der Waals surface area (Å²) < 4.78 is 25.2. The Bertz CT molecular complexity index is 640. The van der Waals surface area contributed by atoms with Gasteiger partial charge in [0.1, 0.15) is 9.46 Å². The number of thiophene rings is 1. The number of rotatable bonds is 4. The fourth-order valence-corrected chi connectivity index (χ4v) is 4.58. The van der Waals surface area contributed by atoms with Gasteiger partial charge in [-0.3, -0.25) is 0 Å². The van der Waals surface area contributed by atoms with E-state index in [0.717, 1.165) is 0 Å². The molecule has 0 bridgehead atoms. The van der Waals surface area contributed by atoms with Crippen molar-refractivity contribution < 1.29 is 8.42 Å². The summed E-state index contributed by atoms with van der Waals surface area (Å²) in [6, 6.07) is 14.1. The predicted molar refractivity (Wildman–Crippen MR) is 70.9 cm³/mol. The molecule has 2 rings (SSSR count). The van der Waals surface area contributed by atoms with E-state index in [9.17, 15) is 8.42 Å². The van der Waals surface area contributed by atoms with Crippen LogP contribution < -0.4 is 0 Å². The molecule has 0 aliphatic carbocycles. The van der Waals surface area contributed by atoms with Crippen molar-refractivity contribution >= 4 is 21.2 Å². The molecule has 18 heavy (non-hydrogen) atoms. The van der Waals surface area contributed by atoms with Crippen LogP contribution in [0.3, 0.4) is 0 Å². The number of nitrogens with zero attached hydrogens (tertiary/aromatic N) is 1. The number of benzene rings is 1. The third-order valence-corrected chi connectivity index (χ3v) is 6.13. The third-order valence-electron chi connectivity index (χ3n) is 2.60. The second-order valence-electron chi connectivity index (χ2n) is 3.74. The Hall–Kier alpha value is -1.64. The second-order valence-corrected chi connectivity index (χ2v) is 7.04. The Morgan fingerprint density at radius 3 is 2.44 bits per heavy atom. The lowest BCUT2D eigenvalue weighted by Gasteiger charge is -2.13. The zero-order valence-electron chi connectivity index (χ0n) is 9.48. The van der Waals surface area contributed by atoms with E-state index in [0.29, 0.717) is 9.77 Å². The van der Waals surface area contributed by atoms with E-state index in [1.807, 2.05) is 12.1 Å². The van der Waals surface area contributed by atoms with E-state index in [-0.39, 0.29) is 6.42 Å². The molecule has 5 heteroatoms. The van der Waals surface area contributed by atoms with Gasteiger partial charge in [-0.25, -0.2) is 8.42 Å². The fourth-order valence-electron chi connectivity index (χ4n) is 1.72. The Morgan fingerprint density at radius 2 is 1.89 bits per heavy atom. The van der Waals surface area contributed by atoms with Gasteiger partial charge < -0.3 is 0 Å². The van der Waals surface area contributed by atoms with Crippen LogP contribution in [-0.2, 0) is 9.84 Å². The normalized spacial score (nSPS) is 12.8. The van der Waals surface area contributed by atoms with Crippen LogP contribution in [0.4, 0.5) is 0 Å². The predicted octanol–water partition coefficient (Wildman–Crippen LogP) is 3.18. The van der Waals surface area contributed by atoms with E-state index >= 15 is 0 Å². The van der Waals surface area contributed by atoms with E-state index in [2.05, 4.69) is 0 Å². The lowest BCUT2D eigenvalue weighted by atomic mass is 10.1. The van der Waals surface area contributed by atoms with Gasteiger partial charge in [0.2, 0.25) is 0 Å². The minimum absolute atomic E-state index is 0.0375. The van der Waals surface area contributed by atoms with E-state index < -0.39 is 15.1 Å². The summed E-state index contributed by atoms with van der Waals surface area (Å²) in [5.74, 6) is 0. The highest BCUT2D eigenvalue weighted by molar-refractivity contribution is 7.93. The minimum Gasteiger partial charge on any atom is -0.222 e. The summed E-state index contributed by atoms with van der Waals surface area (Å²) in [4.78, 5) is 0. The molecule has 3 nitrogen and oxygen atoms in total. The number of hydrogen-bond acceptors (Lipinski definition) is 4. The van der Waals surface area contributed by atoms with Crippen LogP contribution in [0.1, 0.15) is 17.2 Å². The van der Waals surface area contributed by atoms with Gasteiger partial charge >= 0.3 is 0 Å². The molecule has 0 aliphatic rings. The molecule has 2 aromatic rings. The number of sulfone groups is 1. The van der Waals surface area contributed by atoms with Gasteiger partial charge in [-0.2, -0.15) is 5.26 Å². The lowest BCUT2D eigenvalue weighted by molar-refractivity contribution is 0.584. The topological polar surface area (TPSA) is 57.9 Å². The summed E-state index contributed by atoms with van der Waals surface area (Å²) >= 11 is 1.18. The maximum absolute atomic E-state index is 12.4. The molecule has 0 saturated heterocycles. The van der Waals surface area contributed by atoms with Crippen LogP contribution in [0.5, 0.6) is 0 Å². The molecule has 1 unspecified atom stereocenters. The molecule has 0 radical (unpaired) electrons. The first-order valence-electron chi connectivity index (χ1n) is 5.35. The van der Waals surface area contributed by atoms with Gasteiger partial charge in [-0.05, 0) is 17.0 Å². The summed E-state index contributed by atoms with van der Waals surface area (Å²) in [7, 11) is -3.48. The third kappa shape index (κ3) is 2.45. The van der Waals surface area contributed by atoms with Crippen molar-refractivity contribution in [3.63, 3.8) is 0 Å². The van der Waals surface area contributed by atoms with Crippen molar-refractivity contribution in [3.05, 3.63) is 53.4 Å². The number of nitriles is 1. The summed E-state index contributed by atoms with van der Waals surface area (Å²) in [6.45, 7) is 0. The zero-order chi connectivity index (χ0) is 13.0. The van der Waals surface area contributed by atoms with E-state index in [4.69, 9.17) is 5.26 Å². The van der Waals surface area contributed by atoms with Crippen molar-refractivity contribution in [1.82, 2.24) is 0 Å². The van der Waals surface area contributed by atoms with Gasteiger partial charge in [0.05, 0.1) is 12.5 Å². The van der Waals surface area contributed by atoms with Gasteiger partial charge in [0.15, 0.2) is 9.84 Å². The van der Waals surface area contributed by atoms with Gasteiger partial charge in [-0.15, -0.1) is 11.3 Å². The van der Waals surface area contributed by atoms with Crippen molar-refractivity contribution in [2.45, 2.75) is 15.9 Å². The molecule has 0 fully saturated rings. The fraction of sp³-hybridized carbons (Fsp3) is 0.154. The monoisotopic (exact) mass is 277 g/mol. The van der Waals surface area contributed by atoms with Gasteiger partial charge in [0.25, 0.3) is 0 Å². The molecule has 0 saturated carbocycles. The Balaban J connectivity index is 2.47.